The van der Waals surface area contributed by atoms with Gasteiger partial charge in [0.05, 0.1) is 6.10 Å². The van der Waals surface area contributed by atoms with E-state index in [-0.39, 0.29) is 15.9 Å². The summed E-state index contributed by atoms with van der Waals surface area (Å²) in [4.78, 5) is 0. The molecule has 1 aromatic carbocycles. The van der Waals surface area contributed by atoms with Crippen molar-refractivity contribution >= 4 is 15.8 Å². The first-order chi connectivity index (χ1) is 10.1. The van der Waals surface area contributed by atoms with Gasteiger partial charge in [0.2, 0.25) is 0 Å². The molecular formula is C17H26O3Si. The third kappa shape index (κ3) is 5.75. The van der Waals surface area contributed by atoms with E-state index in [1.807, 2.05) is 39.0 Å². The number of hydrogen-bond acceptors (Lipinski definition) is 3. The average Bonchev–Trinajstić information content (AvgIpc) is 2.48. The number of rotatable bonds is 10. The Balaban J connectivity index is 2.74. The van der Waals surface area contributed by atoms with Crippen molar-refractivity contribution in [2.24, 2.45) is 0 Å². The van der Waals surface area contributed by atoms with Crippen molar-refractivity contribution in [1.82, 2.24) is 0 Å². The first kappa shape index (κ1) is 18.1. The van der Waals surface area contributed by atoms with E-state index in [1.165, 1.54) is 0 Å². The van der Waals surface area contributed by atoms with Crippen LogP contribution in [0.3, 0.4) is 0 Å². The molecule has 2 radical (unpaired) electrons. The predicted octanol–water partition coefficient (Wildman–Crippen LogP) is 4.16. The minimum atomic E-state index is -0.660. The Morgan fingerprint density at radius 1 is 1.24 bits per heavy atom. The van der Waals surface area contributed by atoms with Crippen LogP contribution in [0.1, 0.15) is 51.3 Å². The molecule has 1 aromatic rings. The maximum absolute atomic E-state index is 6.09. The van der Waals surface area contributed by atoms with Crippen molar-refractivity contribution in [2.75, 3.05) is 13.2 Å². The van der Waals surface area contributed by atoms with E-state index in [0.29, 0.717) is 13.2 Å². The van der Waals surface area contributed by atoms with Gasteiger partial charge in [0, 0.05) is 13.2 Å². The summed E-state index contributed by atoms with van der Waals surface area (Å²) < 4.78 is 17.5. The molecule has 4 heteroatoms. The maximum atomic E-state index is 6.09. The van der Waals surface area contributed by atoms with Gasteiger partial charge >= 0.3 is 9.76 Å². The van der Waals surface area contributed by atoms with E-state index in [0.717, 1.165) is 17.5 Å². The quantitative estimate of drug-likeness (QED) is 0.480. The number of ether oxygens (including phenoxy) is 2. The molecule has 0 aromatic heterocycles. The summed E-state index contributed by atoms with van der Waals surface area (Å²) in [6.07, 6.45) is 2.80. The molecule has 0 saturated heterocycles. The predicted molar refractivity (Wildman–Crippen MR) is 88.1 cm³/mol. The van der Waals surface area contributed by atoms with Gasteiger partial charge in [-0.05, 0) is 44.4 Å². The van der Waals surface area contributed by atoms with Crippen LogP contribution < -0.4 is 0 Å². The second-order valence-corrected chi connectivity index (χ2v) is 6.15. The van der Waals surface area contributed by atoms with Gasteiger partial charge in [-0.2, -0.15) is 0 Å². The second kappa shape index (κ2) is 9.15. The zero-order valence-electron chi connectivity index (χ0n) is 13.5. The Bertz CT molecular complexity index is 428. The van der Waals surface area contributed by atoms with Crippen LogP contribution in [0, 0.1) is 0 Å². The molecule has 116 valence electrons. The van der Waals surface area contributed by atoms with Crippen LogP contribution in [0.5, 0.6) is 0 Å². The van der Waals surface area contributed by atoms with Gasteiger partial charge in [0.15, 0.2) is 5.41 Å². The van der Waals surface area contributed by atoms with Crippen molar-refractivity contribution in [3.8, 4) is 0 Å². The van der Waals surface area contributed by atoms with E-state index >= 15 is 0 Å². The Labute approximate surface area is 131 Å². The summed E-state index contributed by atoms with van der Waals surface area (Å²) in [6, 6.07) is 8.27. The third-order valence-electron chi connectivity index (χ3n) is 3.12. The summed E-state index contributed by atoms with van der Waals surface area (Å²) in [7, 11) is 0.130. The lowest BCUT2D eigenvalue weighted by Gasteiger charge is -2.29. The van der Waals surface area contributed by atoms with E-state index < -0.39 is 5.41 Å². The van der Waals surface area contributed by atoms with Gasteiger partial charge in [-0.1, -0.05) is 37.8 Å². The molecule has 0 aliphatic carbocycles. The fraction of sp³-hybridized carbons (Fsp3) is 0.529. The lowest BCUT2D eigenvalue weighted by molar-refractivity contribution is -0.171. The first-order valence-corrected chi connectivity index (χ1v) is 8.42. The van der Waals surface area contributed by atoms with Crippen molar-refractivity contribution in [3.05, 3.63) is 42.0 Å². The number of benzene rings is 1. The SMILES string of the molecule is C=Cc1cccc(C(CC)O[Si]C(C)(OCC)OCC)c1. The Morgan fingerprint density at radius 3 is 2.43 bits per heavy atom. The molecule has 21 heavy (non-hydrogen) atoms. The normalized spacial score (nSPS) is 13.1. The van der Waals surface area contributed by atoms with Crippen molar-refractivity contribution < 1.29 is 13.9 Å². The fourth-order valence-electron chi connectivity index (χ4n) is 2.10. The molecule has 0 heterocycles. The Kier molecular flexibility index (Phi) is 7.89. The van der Waals surface area contributed by atoms with Crippen molar-refractivity contribution in [3.63, 3.8) is 0 Å². The molecular weight excluding hydrogens is 280 g/mol. The highest BCUT2D eigenvalue weighted by Gasteiger charge is 2.29. The molecule has 1 rings (SSSR count). The van der Waals surface area contributed by atoms with Gasteiger partial charge in [-0.25, -0.2) is 0 Å². The summed E-state index contributed by atoms with van der Waals surface area (Å²) in [5.41, 5.74) is 1.61. The smallest absolute Gasteiger partial charge is 0.304 e. The minimum absolute atomic E-state index is 0.0449. The molecule has 1 atom stereocenters. The third-order valence-corrected chi connectivity index (χ3v) is 4.18. The highest BCUT2D eigenvalue weighted by Crippen LogP contribution is 2.24. The Morgan fingerprint density at radius 2 is 1.90 bits per heavy atom. The van der Waals surface area contributed by atoms with Gasteiger partial charge < -0.3 is 13.9 Å². The highest BCUT2D eigenvalue weighted by atomic mass is 28.2. The monoisotopic (exact) mass is 306 g/mol. The van der Waals surface area contributed by atoms with Gasteiger partial charge in [-0.3, -0.25) is 0 Å². The molecule has 0 spiro atoms. The molecule has 1 unspecified atom stereocenters. The summed E-state index contributed by atoms with van der Waals surface area (Å²) in [5.74, 6) is 0. The van der Waals surface area contributed by atoms with E-state index in [2.05, 4.69) is 25.6 Å². The zero-order valence-corrected chi connectivity index (χ0v) is 14.5. The molecule has 0 saturated carbocycles. The molecule has 3 nitrogen and oxygen atoms in total. The van der Waals surface area contributed by atoms with Crippen LogP contribution >= 0.6 is 0 Å². The maximum Gasteiger partial charge on any atom is 0.304 e. The molecule has 0 aliphatic rings. The largest absolute Gasteiger partial charge is 0.405 e. The summed E-state index contributed by atoms with van der Waals surface area (Å²) >= 11 is 0. The van der Waals surface area contributed by atoms with Crippen LogP contribution in [0.2, 0.25) is 0 Å². The average molecular weight is 306 g/mol. The van der Waals surface area contributed by atoms with E-state index in [9.17, 15) is 0 Å². The van der Waals surface area contributed by atoms with E-state index in [1.54, 1.807) is 0 Å². The molecule has 0 aliphatic heterocycles. The molecule has 0 amide bonds. The molecule has 0 N–H and O–H groups in total. The van der Waals surface area contributed by atoms with Gasteiger partial charge in [0.1, 0.15) is 0 Å². The Hall–Kier alpha value is -0.943. The minimum Gasteiger partial charge on any atom is -0.405 e. The van der Waals surface area contributed by atoms with E-state index in [4.69, 9.17) is 13.9 Å². The lowest BCUT2D eigenvalue weighted by Crippen LogP contribution is -2.41. The van der Waals surface area contributed by atoms with Crippen LogP contribution in [-0.2, 0) is 13.9 Å². The van der Waals surface area contributed by atoms with Crippen LogP contribution in [0.25, 0.3) is 6.08 Å². The van der Waals surface area contributed by atoms with Crippen LogP contribution in [-0.4, -0.2) is 28.4 Å². The standard InChI is InChI=1S/C17H26O3Si/c1-6-14-11-10-12-15(13-14)16(7-2)20-21-17(5,18-8-3)19-9-4/h6,10-13,16H,1,7-9H2,2-5H3. The van der Waals surface area contributed by atoms with Crippen molar-refractivity contribution in [1.29, 1.82) is 0 Å². The van der Waals surface area contributed by atoms with Gasteiger partial charge in [0.25, 0.3) is 0 Å². The first-order valence-electron chi connectivity index (χ1n) is 7.51. The number of hydrogen-bond donors (Lipinski definition) is 0. The fourth-order valence-corrected chi connectivity index (χ4v) is 3.17. The van der Waals surface area contributed by atoms with Crippen molar-refractivity contribution in [2.45, 2.75) is 45.6 Å². The molecule has 0 fully saturated rings. The zero-order chi connectivity index (χ0) is 15.7. The van der Waals surface area contributed by atoms with Crippen LogP contribution in [0.4, 0.5) is 0 Å². The van der Waals surface area contributed by atoms with Gasteiger partial charge in [-0.15, -0.1) is 0 Å². The second-order valence-electron chi connectivity index (χ2n) is 4.80. The summed E-state index contributed by atoms with van der Waals surface area (Å²) in [6.45, 7) is 13.0. The lowest BCUT2D eigenvalue weighted by atomic mass is 10.0. The van der Waals surface area contributed by atoms with Crippen LogP contribution in [0.15, 0.2) is 30.8 Å². The topological polar surface area (TPSA) is 27.7 Å². The highest BCUT2D eigenvalue weighted by molar-refractivity contribution is 6.30. The molecule has 0 bridgehead atoms. The summed E-state index contributed by atoms with van der Waals surface area (Å²) in [5, 5.41) is 0.